The lowest BCUT2D eigenvalue weighted by Gasteiger charge is -2.19. The molecule has 1 N–H and O–H groups in total. The molecule has 1 atom stereocenters. The van der Waals surface area contributed by atoms with Crippen LogP contribution in [0.5, 0.6) is 0 Å². The van der Waals surface area contributed by atoms with E-state index in [0.717, 1.165) is 37.0 Å². The van der Waals surface area contributed by atoms with Gasteiger partial charge in [-0.25, -0.2) is 5.32 Å². The largest absolute Gasteiger partial charge is 0.336 e. The fourth-order valence-corrected chi connectivity index (χ4v) is 2.12. The first-order valence-electron chi connectivity index (χ1n) is 5.15. The van der Waals surface area contributed by atoms with Crippen LogP contribution in [0.25, 0.3) is 0 Å². The summed E-state index contributed by atoms with van der Waals surface area (Å²) in [7, 11) is 0. The number of hydrogen-bond donors (Lipinski definition) is 1. The third kappa shape index (κ3) is 2.60. The number of nitrogens with one attached hydrogen (secondary N) is 1. The number of nitrogens with zero attached hydrogens (tertiary/aromatic N) is 1. The zero-order valence-corrected chi connectivity index (χ0v) is 9.31. The molecule has 1 aliphatic carbocycles. The van der Waals surface area contributed by atoms with E-state index in [4.69, 9.17) is 18.6 Å². The van der Waals surface area contributed by atoms with Gasteiger partial charge in [0.25, 0.3) is 0 Å². The summed E-state index contributed by atoms with van der Waals surface area (Å²) in [4.78, 5) is 0. The van der Waals surface area contributed by atoms with E-state index >= 15 is 0 Å². The van der Waals surface area contributed by atoms with Crippen LogP contribution < -0.4 is 10.6 Å². The van der Waals surface area contributed by atoms with E-state index in [1.807, 2.05) is 6.20 Å². The lowest BCUT2D eigenvalue weighted by molar-refractivity contribution is 0.465. The van der Waals surface area contributed by atoms with Crippen LogP contribution in [0.15, 0.2) is 23.5 Å². The Morgan fingerprint density at radius 2 is 2.53 bits per heavy atom. The minimum absolute atomic E-state index is 0.584. The van der Waals surface area contributed by atoms with Crippen LogP contribution in [0.3, 0.4) is 0 Å². The van der Waals surface area contributed by atoms with Gasteiger partial charge in [0.05, 0.1) is 5.70 Å². The summed E-state index contributed by atoms with van der Waals surface area (Å²) < 4.78 is 0. The Bertz CT molecular complexity index is 374. The van der Waals surface area contributed by atoms with Crippen molar-refractivity contribution in [1.29, 1.82) is 0 Å². The van der Waals surface area contributed by atoms with Crippen LogP contribution in [0, 0.1) is 18.3 Å². The van der Waals surface area contributed by atoms with Crippen molar-refractivity contribution in [2.45, 2.75) is 25.7 Å². The van der Waals surface area contributed by atoms with Gasteiger partial charge < -0.3 is 5.32 Å². The fraction of sp³-hybridized carbons (Fsp3) is 0.417. The van der Waals surface area contributed by atoms with Crippen molar-refractivity contribution >= 4 is 17.3 Å². The van der Waals surface area contributed by atoms with Crippen molar-refractivity contribution in [3.63, 3.8) is 0 Å². The van der Waals surface area contributed by atoms with E-state index in [-0.39, 0.29) is 0 Å². The minimum Gasteiger partial charge on any atom is -0.336 e. The summed E-state index contributed by atoms with van der Waals surface area (Å²) in [5.74, 6) is 3.38. The van der Waals surface area contributed by atoms with Crippen molar-refractivity contribution in [3.05, 3.63) is 23.5 Å². The average molecular weight is 217 g/mol. The van der Waals surface area contributed by atoms with Gasteiger partial charge in [0, 0.05) is 6.20 Å². The SMILES string of the molecule is C#CC1=CCC(CC2=CNC(=S)[N]2)CC1. The van der Waals surface area contributed by atoms with E-state index in [1.165, 1.54) is 0 Å². The van der Waals surface area contributed by atoms with Crippen molar-refractivity contribution in [2.75, 3.05) is 0 Å². The standard InChI is InChI=1S/C12H13N2S/c1-2-9-3-5-10(6-4-9)7-11-8-13-12(15)14-11/h1,3,8,10H,4-7H2,(H,13,15). The van der Waals surface area contributed by atoms with Gasteiger partial charge in [0.1, 0.15) is 0 Å². The second-order valence-electron chi connectivity index (χ2n) is 3.92. The maximum atomic E-state index is 5.36. The molecule has 2 nitrogen and oxygen atoms in total. The summed E-state index contributed by atoms with van der Waals surface area (Å²) >= 11 is 4.93. The minimum atomic E-state index is 0.584. The normalized spacial score (nSPS) is 24.7. The molecular formula is C12H13N2S. The Morgan fingerprint density at radius 1 is 1.67 bits per heavy atom. The van der Waals surface area contributed by atoms with Crippen LogP contribution in [0.2, 0.25) is 0 Å². The van der Waals surface area contributed by atoms with E-state index in [9.17, 15) is 0 Å². The topological polar surface area (TPSA) is 26.1 Å². The molecule has 2 aliphatic rings. The summed E-state index contributed by atoms with van der Waals surface area (Å²) in [5, 5.41) is 7.76. The van der Waals surface area contributed by atoms with Crippen LogP contribution in [-0.2, 0) is 0 Å². The highest BCUT2D eigenvalue weighted by Gasteiger charge is 2.18. The van der Waals surface area contributed by atoms with Crippen molar-refractivity contribution in [3.8, 4) is 12.3 Å². The molecule has 15 heavy (non-hydrogen) atoms. The highest BCUT2D eigenvalue weighted by molar-refractivity contribution is 7.80. The van der Waals surface area contributed by atoms with Crippen LogP contribution in [-0.4, -0.2) is 5.11 Å². The number of thiocarbonyl (C=S) groups is 1. The van der Waals surface area contributed by atoms with Gasteiger partial charge in [-0.3, -0.25) is 0 Å². The number of allylic oxidation sites excluding steroid dienone is 3. The number of terminal acetylenes is 1. The number of hydrogen-bond acceptors (Lipinski definition) is 1. The second kappa shape index (κ2) is 4.50. The van der Waals surface area contributed by atoms with E-state index < -0.39 is 0 Å². The first-order chi connectivity index (χ1) is 7.28. The Morgan fingerprint density at radius 3 is 3.07 bits per heavy atom. The second-order valence-corrected chi connectivity index (χ2v) is 4.30. The molecule has 77 valence electrons. The van der Waals surface area contributed by atoms with Gasteiger partial charge in [0.15, 0.2) is 5.11 Å². The van der Waals surface area contributed by atoms with Gasteiger partial charge in [0.2, 0.25) is 0 Å². The Kier molecular flexibility index (Phi) is 3.08. The quantitative estimate of drug-likeness (QED) is 0.566. The summed E-state index contributed by atoms with van der Waals surface area (Å²) in [5.41, 5.74) is 2.22. The molecule has 1 aliphatic heterocycles. The monoisotopic (exact) mass is 217 g/mol. The van der Waals surface area contributed by atoms with E-state index in [0.29, 0.717) is 11.0 Å². The van der Waals surface area contributed by atoms with Gasteiger partial charge in [-0.05, 0) is 49.4 Å². The molecule has 0 aromatic heterocycles. The Balaban J connectivity index is 1.86. The predicted octanol–water partition coefficient (Wildman–Crippen LogP) is 2.07. The molecule has 1 unspecified atom stereocenters. The highest BCUT2D eigenvalue weighted by atomic mass is 32.1. The van der Waals surface area contributed by atoms with E-state index in [1.54, 1.807) is 0 Å². The molecule has 0 amide bonds. The third-order valence-electron chi connectivity index (χ3n) is 2.81. The molecule has 0 saturated carbocycles. The van der Waals surface area contributed by atoms with Gasteiger partial charge in [-0.2, -0.15) is 0 Å². The van der Waals surface area contributed by atoms with Crippen LogP contribution in [0.4, 0.5) is 0 Å². The lowest BCUT2D eigenvalue weighted by Crippen LogP contribution is -2.16. The molecule has 1 heterocycles. The molecule has 1 radical (unpaired) electrons. The molecule has 0 bridgehead atoms. The van der Waals surface area contributed by atoms with Gasteiger partial charge in [-0.15, -0.1) is 6.42 Å². The van der Waals surface area contributed by atoms with Crippen molar-refractivity contribution < 1.29 is 0 Å². The number of rotatable bonds is 2. The molecule has 3 heteroatoms. The molecule has 0 fully saturated rings. The third-order valence-corrected chi connectivity index (χ3v) is 3.02. The zero-order valence-electron chi connectivity index (χ0n) is 8.49. The average Bonchev–Trinajstić information content (AvgIpc) is 2.65. The first-order valence-corrected chi connectivity index (χ1v) is 5.55. The lowest BCUT2D eigenvalue weighted by atomic mass is 9.87. The molecule has 0 spiro atoms. The fourth-order valence-electron chi connectivity index (χ4n) is 1.95. The maximum absolute atomic E-state index is 5.36. The Labute approximate surface area is 95.8 Å². The van der Waals surface area contributed by atoms with Crippen LogP contribution in [0.1, 0.15) is 25.7 Å². The first kappa shape index (κ1) is 10.3. The smallest absolute Gasteiger partial charge is 0.197 e. The van der Waals surface area contributed by atoms with Gasteiger partial charge >= 0.3 is 0 Å². The van der Waals surface area contributed by atoms with Crippen molar-refractivity contribution in [2.24, 2.45) is 5.92 Å². The summed E-state index contributed by atoms with van der Waals surface area (Å²) in [6.45, 7) is 0. The van der Waals surface area contributed by atoms with Crippen molar-refractivity contribution in [1.82, 2.24) is 10.6 Å². The Hall–Kier alpha value is -1.27. The predicted molar refractivity (Wildman–Crippen MR) is 64.8 cm³/mol. The highest BCUT2D eigenvalue weighted by Crippen LogP contribution is 2.28. The zero-order chi connectivity index (χ0) is 10.7. The molecule has 0 aromatic rings. The summed E-state index contributed by atoms with van der Waals surface area (Å²) in [6, 6.07) is 0. The molecule has 2 rings (SSSR count). The molecule has 0 saturated heterocycles. The van der Waals surface area contributed by atoms with E-state index in [2.05, 4.69) is 22.6 Å². The molecule has 0 aromatic carbocycles. The van der Waals surface area contributed by atoms with Crippen LogP contribution >= 0.6 is 12.2 Å². The maximum Gasteiger partial charge on any atom is 0.197 e. The van der Waals surface area contributed by atoms with Gasteiger partial charge in [-0.1, -0.05) is 12.0 Å². The molecular weight excluding hydrogens is 204 g/mol. The summed E-state index contributed by atoms with van der Waals surface area (Å²) in [6.07, 6.45) is 13.7.